The zero-order valence-corrected chi connectivity index (χ0v) is 19.1. The lowest BCUT2D eigenvalue weighted by Gasteiger charge is -2.17. The van der Waals surface area contributed by atoms with Gasteiger partial charge in [0.05, 0.1) is 7.11 Å². The van der Waals surface area contributed by atoms with E-state index >= 15 is 0 Å². The number of nitrogens with zero attached hydrogens (tertiary/aromatic N) is 1. The Bertz CT molecular complexity index is 1140. The topological polar surface area (TPSA) is 92.8 Å². The molecule has 1 aliphatic rings. The van der Waals surface area contributed by atoms with Crippen LogP contribution in [0, 0.1) is 6.92 Å². The van der Waals surface area contributed by atoms with Crippen molar-refractivity contribution >= 4 is 42.7 Å². The standard InChI is InChI=1S/C21H21BrN2O5S/c1-13-4-6-15(7-5-13)20-14(2)21(26)24(30(20,27)28)12-19(25)23-11-16-10-17(22)8-9-18(16)29-3/h4-10H,11-12H2,1-3H3,(H,23,25). The van der Waals surface area contributed by atoms with Crippen LogP contribution in [0.25, 0.3) is 4.91 Å². The van der Waals surface area contributed by atoms with Crippen molar-refractivity contribution in [2.75, 3.05) is 13.7 Å². The van der Waals surface area contributed by atoms with Crippen LogP contribution in [0.2, 0.25) is 0 Å². The molecule has 1 N–H and O–H groups in total. The van der Waals surface area contributed by atoms with E-state index in [1.165, 1.54) is 14.0 Å². The molecule has 3 rings (SSSR count). The maximum absolute atomic E-state index is 13.0. The molecule has 0 unspecified atom stereocenters. The smallest absolute Gasteiger partial charge is 0.268 e. The van der Waals surface area contributed by atoms with Gasteiger partial charge in [0.15, 0.2) is 0 Å². The molecule has 2 aromatic carbocycles. The van der Waals surface area contributed by atoms with Crippen molar-refractivity contribution in [3.63, 3.8) is 0 Å². The molecule has 9 heteroatoms. The number of halogens is 1. The fraction of sp³-hybridized carbons (Fsp3) is 0.238. The zero-order valence-electron chi connectivity index (χ0n) is 16.7. The molecule has 30 heavy (non-hydrogen) atoms. The van der Waals surface area contributed by atoms with E-state index in [9.17, 15) is 18.0 Å². The third-order valence-electron chi connectivity index (χ3n) is 4.76. The van der Waals surface area contributed by atoms with Crippen LogP contribution < -0.4 is 10.1 Å². The quantitative estimate of drug-likeness (QED) is 0.668. The molecule has 2 amide bonds. The maximum Gasteiger partial charge on any atom is 0.268 e. The van der Waals surface area contributed by atoms with Crippen molar-refractivity contribution in [3.8, 4) is 5.75 Å². The molecule has 0 aliphatic carbocycles. The summed E-state index contributed by atoms with van der Waals surface area (Å²) in [6, 6.07) is 12.2. The molecule has 0 saturated carbocycles. The molecule has 0 aromatic heterocycles. The van der Waals surface area contributed by atoms with Crippen LogP contribution in [0.5, 0.6) is 5.75 Å². The van der Waals surface area contributed by atoms with Gasteiger partial charge in [-0.1, -0.05) is 45.8 Å². The first-order valence-corrected chi connectivity index (χ1v) is 11.3. The van der Waals surface area contributed by atoms with E-state index in [1.54, 1.807) is 42.5 Å². The second kappa shape index (κ2) is 8.61. The number of ether oxygens (including phenoxy) is 1. The number of methoxy groups -OCH3 is 1. The molecule has 1 aliphatic heterocycles. The highest BCUT2D eigenvalue weighted by Crippen LogP contribution is 2.35. The van der Waals surface area contributed by atoms with Crippen LogP contribution in [0.3, 0.4) is 0 Å². The fourth-order valence-corrected chi connectivity index (χ4v) is 5.37. The minimum absolute atomic E-state index is 0.0611. The Balaban J connectivity index is 1.76. The lowest BCUT2D eigenvalue weighted by molar-refractivity contribution is -0.128. The molecule has 0 radical (unpaired) electrons. The summed E-state index contributed by atoms with van der Waals surface area (Å²) >= 11 is 3.36. The number of amides is 2. The first kappa shape index (κ1) is 22.0. The Hall–Kier alpha value is -2.65. The van der Waals surface area contributed by atoms with E-state index in [0.717, 1.165) is 10.0 Å². The lowest BCUT2D eigenvalue weighted by atomic mass is 10.1. The highest BCUT2D eigenvalue weighted by Gasteiger charge is 2.43. The average Bonchev–Trinajstić information content (AvgIpc) is 2.87. The van der Waals surface area contributed by atoms with E-state index in [0.29, 0.717) is 21.2 Å². The molecule has 1 heterocycles. The first-order valence-electron chi connectivity index (χ1n) is 9.09. The minimum Gasteiger partial charge on any atom is -0.496 e. The summed E-state index contributed by atoms with van der Waals surface area (Å²) in [5.74, 6) is -0.699. The number of rotatable bonds is 6. The van der Waals surface area contributed by atoms with Crippen molar-refractivity contribution in [2.24, 2.45) is 0 Å². The number of hydrogen-bond acceptors (Lipinski definition) is 5. The summed E-state index contributed by atoms with van der Waals surface area (Å²) < 4.78 is 32.7. The Kier molecular flexibility index (Phi) is 6.33. The van der Waals surface area contributed by atoms with E-state index in [-0.39, 0.29) is 17.0 Å². The summed E-state index contributed by atoms with van der Waals surface area (Å²) in [6.45, 7) is 2.88. The molecular weight excluding hydrogens is 472 g/mol. The molecule has 0 fully saturated rings. The van der Waals surface area contributed by atoms with Gasteiger partial charge in [-0.15, -0.1) is 0 Å². The molecule has 158 valence electrons. The maximum atomic E-state index is 13.0. The van der Waals surface area contributed by atoms with Gasteiger partial charge in [-0.25, -0.2) is 12.7 Å². The highest BCUT2D eigenvalue weighted by atomic mass is 79.9. The van der Waals surface area contributed by atoms with Crippen LogP contribution >= 0.6 is 15.9 Å². The highest BCUT2D eigenvalue weighted by molar-refractivity contribution is 9.10. The van der Waals surface area contributed by atoms with E-state index in [4.69, 9.17) is 4.74 Å². The monoisotopic (exact) mass is 492 g/mol. The Morgan fingerprint density at radius 2 is 1.80 bits per heavy atom. The molecule has 0 atom stereocenters. The Morgan fingerprint density at radius 1 is 1.13 bits per heavy atom. The second-order valence-electron chi connectivity index (χ2n) is 6.87. The number of carbonyl (C=O) groups is 2. The lowest BCUT2D eigenvalue weighted by Crippen LogP contribution is -2.40. The molecular formula is C21H21BrN2O5S. The van der Waals surface area contributed by atoms with Gasteiger partial charge in [0.25, 0.3) is 15.9 Å². The van der Waals surface area contributed by atoms with Crippen LogP contribution in [-0.4, -0.2) is 38.2 Å². The normalized spacial score (nSPS) is 15.5. The van der Waals surface area contributed by atoms with Crippen molar-refractivity contribution in [2.45, 2.75) is 20.4 Å². The predicted octanol–water partition coefficient (Wildman–Crippen LogP) is 2.99. The fourth-order valence-electron chi connectivity index (χ4n) is 3.19. The number of aryl methyl sites for hydroxylation is 1. The van der Waals surface area contributed by atoms with Crippen molar-refractivity contribution in [3.05, 3.63) is 69.2 Å². The van der Waals surface area contributed by atoms with Crippen LogP contribution in [0.1, 0.15) is 23.6 Å². The van der Waals surface area contributed by atoms with Crippen molar-refractivity contribution < 1.29 is 22.7 Å². The third kappa shape index (κ3) is 4.27. The summed E-state index contributed by atoms with van der Waals surface area (Å²) in [4.78, 5) is 25.0. The number of nitrogens with one attached hydrogen (secondary N) is 1. The van der Waals surface area contributed by atoms with E-state index in [2.05, 4.69) is 21.2 Å². The Morgan fingerprint density at radius 3 is 2.43 bits per heavy atom. The number of carbonyl (C=O) groups excluding carboxylic acids is 2. The minimum atomic E-state index is -4.12. The number of sulfonamides is 1. The van der Waals surface area contributed by atoms with E-state index in [1.807, 2.05) is 6.92 Å². The molecule has 2 aromatic rings. The summed E-state index contributed by atoms with van der Waals surface area (Å²) in [6.07, 6.45) is 0. The molecule has 7 nitrogen and oxygen atoms in total. The largest absolute Gasteiger partial charge is 0.496 e. The number of benzene rings is 2. The first-order chi connectivity index (χ1) is 14.1. The summed E-state index contributed by atoms with van der Waals surface area (Å²) in [5, 5.41) is 2.65. The third-order valence-corrected chi connectivity index (χ3v) is 7.18. The van der Waals surface area contributed by atoms with Crippen LogP contribution in [0.15, 0.2) is 52.5 Å². The van der Waals surface area contributed by atoms with Gasteiger partial charge >= 0.3 is 0 Å². The zero-order chi connectivity index (χ0) is 22.1. The van der Waals surface area contributed by atoms with Crippen molar-refractivity contribution in [1.29, 1.82) is 0 Å². The van der Waals surface area contributed by atoms with Gasteiger partial charge in [0.2, 0.25) is 5.91 Å². The van der Waals surface area contributed by atoms with Gasteiger partial charge in [-0.3, -0.25) is 9.59 Å². The predicted molar refractivity (Wildman–Crippen MR) is 117 cm³/mol. The van der Waals surface area contributed by atoms with Gasteiger partial charge in [0.1, 0.15) is 17.2 Å². The van der Waals surface area contributed by atoms with E-state index < -0.39 is 28.4 Å². The van der Waals surface area contributed by atoms with Crippen molar-refractivity contribution in [1.82, 2.24) is 9.62 Å². The Labute approximate surface area is 183 Å². The summed E-state index contributed by atoms with van der Waals surface area (Å²) in [5.41, 5.74) is 2.21. The van der Waals surface area contributed by atoms with Gasteiger partial charge < -0.3 is 10.1 Å². The summed E-state index contributed by atoms with van der Waals surface area (Å²) in [7, 11) is -2.60. The van der Waals surface area contributed by atoms with Crippen LogP contribution in [0.4, 0.5) is 0 Å². The average molecular weight is 493 g/mol. The number of hydrogen-bond donors (Lipinski definition) is 1. The van der Waals surface area contributed by atoms with Gasteiger partial charge in [0, 0.05) is 22.2 Å². The van der Waals surface area contributed by atoms with Gasteiger partial charge in [-0.05, 0) is 37.6 Å². The SMILES string of the molecule is COc1ccc(Br)cc1CNC(=O)CN1C(=O)C(C)=C(c2ccc(C)cc2)S1(=O)=O. The molecule has 0 bridgehead atoms. The second-order valence-corrected chi connectivity index (χ2v) is 9.58. The van der Waals surface area contributed by atoms with Crippen LogP contribution in [-0.2, 0) is 26.2 Å². The molecule has 0 spiro atoms. The van der Waals surface area contributed by atoms with Gasteiger partial charge in [-0.2, -0.15) is 0 Å². The molecule has 0 saturated heterocycles.